The van der Waals surface area contributed by atoms with Gasteiger partial charge in [-0.15, -0.1) is 0 Å². The summed E-state index contributed by atoms with van der Waals surface area (Å²) < 4.78 is 32.4. The van der Waals surface area contributed by atoms with E-state index >= 15 is 0 Å². The Hall–Kier alpha value is -3.16. The average molecular weight is 396 g/mol. The van der Waals surface area contributed by atoms with Gasteiger partial charge in [0.25, 0.3) is 0 Å². The molecule has 0 spiro atoms. The van der Waals surface area contributed by atoms with Gasteiger partial charge in [-0.25, -0.2) is 13.1 Å². The monoisotopic (exact) mass is 396 g/mol. The maximum Gasteiger partial charge on any atom is 0.248 e. The Kier molecular flexibility index (Phi) is 6.41. The van der Waals surface area contributed by atoms with E-state index in [9.17, 15) is 13.2 Å². The van der Waals surface area contributed by atoms with Crippen LogP contribution in [0.25, 0.3) is 6.08 Å². The Balaban J connectivity index is 1.54. The number of carbonyl (C=O) groups is 1. The molecule has 1 heterocycles. The molecule has 0 aliphatic carbocycles. The SMILES string of the molecule is O=C(C=Cc1ccco1)Nc1ccc(S(=O)(=O)NCCc2ccccc2)cc1. The summed E-state index contributed by atoms with van der Waals surface area (Å²) in [5, 5.41) is 2.67. The second kappa shape index (κ2) is 9.16. The number of benzene rings is 2. The molecule has 0 aliphatic heterocycles. The Morgan fingerprint density at radius 3 is 2.39 bits per heavy atom. The fourth-order valence-corrected chi connectivity index (χ4v) is 3.53. The Morgan fingerprint density at radius 1 is 0.964 bits per heavy atom. The lowest BCUT2D eigenvalue weighted by atomic mass is 10.2. The second-order valence-electron chi connectivity index (χ2n) is 6.00. The highest BCUT2D eigenvalue weighted by Crippen LogP contribution is 2.14. The standard InChI is InChI=1S/C21H20N2O4S/c24-21(13-10-19-7-4-16-27-19)23-18-8-11-20(12-9-18)28(25,26)22-15-14-17-5-2-1-3-6-17/h1-13,16,22H,14-15H2,(H,23,24). The molecule has 6 nitrogen and oxygen atoms in total. The van der Waals surface area contributed by atoms with Crippen molar-refractivity contribution in [2.45, 2.75) is 11.3 Å². The van der Waals surface area contributed by atoms with Crippen molar-refractivity contribution in [3.8, 4) is 0 Å². The summed E-state index contributed by atoms with van der Waals surface area (Å²) in [5.41, 5.74) is 1.56. The fourth-order valence-electron chi connectivity index (χ4n) is 2.50. The van der Waals surface area contributed by atoms with Gasteiger partial charge < -0.3 is 9.73 Å². The molecule has 3 aromatic rings. The molecule has 0 atom stereocenters. The largest absolute Gasteiger partial charge is 0.465 e. The van der Waals surface area contributed by atoms with Crippen molar-refractivity contribution in [2.75, 3.05) is 11.9 Å². The molecular formula is C21H20N2O4S. The molecule has 2 N–H and O–H groups in total. The average Bonchev–Trinajstić information content (AvgIpc) is 3.21. The minimum absolute atomic E-state index is 0.143. The normalized spacial score (nSPS) is 11.6. The summed E-state index contributed by atoms with van der Waals surface area (Å²) in [7, 11) is -3.60. The van der Waals surface area contributed by atoms with Gasteiger partial charge in [-0.05, 0) is 54.5 Å². The maximum atomic E-state index is 12.4. The van der Waals surface area contributed by atoms with Gasteiger partial charge in [-0.2, -0.15) is 0 Å². The first-order valence-electron chi connectivity index (χ1n) is 8.69. The minimum Gasteiger partial charge on any atom is -0.465 e. The van der Waals surface area contributed by atoms with E-state index in [1.54, 1.807) is 30.3 Å². The van der Waals surface area contributed by atoms with Crippen molar-refractivity contribution < 1.29 is 17.6 Å². The van der Waals surface area contributed by atoms with Crippen molar-refractivity contribution in [2.24, 2.45) is 0 Å². The summed E-state index contributed by atoms with van der Waals surface area (Å²) >= 11 is 0. The number of anilines is 1. The highest BCUT2D eigenvalue weighted by molar-refractivity contribution is 7.89. The Labute approximate surface area is 163 Å². The molecule has 0 unspecified atom stereocenters. The molecule has 0 aliphatic rings. The molecule has 2 aromatic carbocycles. The van der Waals surface area contributed by atoms with Crippen LogP contribution in [0, 0.1) is 0 Å². The van der Waals surface area contributed by atoms with E-state index < -0.39 is 10.0 Å². The van der Waals surface area contributed by atoms with Crippen LogP contribution in [0.1, 0.15) is 11.3 Å². The number of hydrogen-bond donors (Lipinski definition) is 2. The van der Waals surface area contributed by atoms with E-state index in [0.29, 0.717) is 24.4 Å². The van der Waals surface area contributed by atoms with E-state index in [2.05, 4.69) is 10.0 Å². The number of rotatable bonds is 8. The smallest absolute Gasteiger partial charge is 0.248 e. The lowest BCUT2D eigenvalue weighted by molar-refractivity contribution is -0.111. The third kappa shape index (κ3) is 5.67. The molecule has 1 aromatic heterocycles. The zero-order chi connectivity index (χ0) is 19.8. The molecule has 0 saturated carbocycles. The van der Waals surface area contributed by atoms with Crippen LogP contribution in [0.3, 0.4) is 0 Å². The van der Waals surface area contributed by atoms with E-state index in [1.807, 2.05) is 30.3 Å². The van der Waals surface area contributed by atoms with E-state index in [4.69, 9.17) is 4.42 Å². The van der Waals surface area contributed by atoms with Crippen LogP contribution >= 0.6 is 0 Å². The molecule has 1 amide bonds. The molecule has 3 rings (SSSR count). The van der Waals surface area contributed by atoms with Crippen molar-refractivity contribution in [1.82, 2.24) is 4.72 Å². The van der Waals surface area contributed by atoms with E-state index in [-0.39, 0.29) is 10.8 Å². The minimum atomic E-state index is -3.60. The second-order valence-corrected chi connectivity index (χ2v) is 7.76. The van der Waals surface area contributed by atoms with Gasteiger partial charge in [0.2, 0.25) is 15.9 Å². The number of sulfonamides is 1. The predicted octanol–water partition coefficient (Wildman–Crippen LogP) is 3.45. The highest BCUT2D eigenvalue weighted by Gasteiger charge is 2.13. The summed E-state index contributed by atoms with van der Waals surface area (Å²) in [4.78, 5) is 12.0. The Morgan fingerprint density at radius 2 is 1.71 bits per heavy atom. The first kappa shape index (κ1) is 19.6. The zero-order valence-electron chi connectivity index (χ0n) is 15.0. The van der Waals surface area contributed by atoms with Crippen LogP contribution in [0.2, 0.25) is 0 Å². The van der Waals surface area contributed by atoms with Gasteiger partial charge in [0.05, 0.1) is 11.2 Å². The van der Waals surface area contributed by atoms with Crippen molar-refractivity contribution in [3.05, 3.63) is 90.4 Å². The van der Waals surface area contributed by atoms with Gasteiger partial charge in [-0.3, -0.25) is 4.79 Å². The van der Waals surface area contributed by atoms with Crippen LogP contribution < -0.4 is 10.0 Å². The third-order valence-corrected chi connectivity index (χ3v) is 5.40. The molecule has 0 saturated heterocycles. The van der Waals surface area contributed by atoms with Gasteiger partial charge >= 0.3 is 0 Å². The van der Waals surface area contributed by atoms with Crippen molar-refractivity contribution in [3.63, 3.8) is 0 Å². The first-order valence-corrected chi connectivity index (χ1v) is 10.2. The summed E-state index contributed by atoms with van der Waals surface area (Å²) in [6.45, 7) is 0.308. The fraction of sp³-hybridized carbons (Fsp3) is 0.0952. The molecular weight excluding hydrogens is 376 g/mol. The van der Waals surface area contributed by atoms with Gasteiger partial charge in [0.15, 0.2) is 0 Å². The first-order chi connectivity index (χ1) is 13.5. The molecule has 0 radical (unpaired) electrons. The van der Waals surface area contributed by atoms with E-state index in [1.165, 1.54) is 24.5 Å². The zero-order valence-corrected chi connectivity index (χ0v) is 15.9. The maximum absolute atomic E-state index is 12.4. The van der Waals surface area contributed by atoms with Crippen LogP contribution in [0.15, 0.2) is 88.4 Å². The number of nitrogens with one attached hydrogen (secondary N) is 2. The van der Waals surface area contributed by atoms with Crippen molar-refractivity contribution in [1.29, 1.82) is 0 Å². The van der Waals surface area contributed by atoms with Crippen LogP contribution in [-0.2, 0) is 21.2 Å². The summed E-state index contributed by atoms with van der Waals surface area (Å²) in [6, 6.07) is 19.1. The number of hydrogen-bond acceptors (Lipinski definition) is 4. The molecule has 0 fully saturated rings. The topological polar surface area (TPSA) is 88.4 Å². The third-order valence-electron chi connectivity index (χ3n) is 3.92. The molecule has 144 valence electrons. The van der Waals surface area contributed by atoms with E-state index in [0.717, 1.165) is 5.56 Å². The van der Waals surface area contributed by atoms with Crippen LogP contribution in [0.5, 0.6) is 0 Å². The van der Waals surface area contributed by atoms with Gasteiger partial charge in [0, 0.05) is 18.3 Å². The van der Waals surface area contributed by atoms with Crippen molar-refractivity contribution >= 4 is 27.7 Å². The Bertz CT molecular complexity index is 1030. The molecule has 7 heteroatoms. The quantitative estimate of drug-likeness (QED) is 0.571. The van der Waals surface area contributed by atoms with Crippen LogP contribution in [-0.4, -0.2) is 20.9 Å². The lowest BCUT2D eigenvalue weighted by Gasteiger charge is -2.08. The summed E-state index contributed by atoms with van der Waals surface area (Å²) in [5.74, 6) is 0.228. The molecule has 0 bridgehead atoms. The van der Waals surface area contributed by atoms with Gasteiger partial charge in [-0.1, -0.05) is 30.3 Å². The molecule has 28 heavy (non-hydrogen) atoms. The number of carbonyl (C=O) groups excluding carboxylic acids is 1. The number of amides is 1. The lowest BCUT2D eigenvalue weighted by Crippen LogP contribution is -2.26. The summed E-state index contributed by atoms with van der Waals surface area (Å²) in [6.07, 6.45) is 5.01. The van der Waals surface area contributed by atoms with Crippen LogP contribution in [0.4, 0.5) is 5.69 Å². The van der Waals surface area contributed by atoms with Gasteiger partial charge in [0.1, 0.15) is 5.76 Å². The number of furan rings is 1. The predicted molar refractivity (Wildman–Crippen MR) is 108 cm³/mol. The highest BCUT2D eigenvalue weighted by atomic mass is 32.2.